The number of amides is 6. The van der Waals surface area contributed by atoms with E-state index in [9.17, 15) is 33.9 Å². The zero-order chi connectivity index (χ0) is 47.4. The third-order valence-corrected chi connectivity index (χ3v) is 11.8. The van der Waals surface area contributed by atoms with E-state index in [4.69, 9.17) is 28.4 Å². The standard InChI is InChI=1S/C46H55N7O13/c1-24(2)39(50-40(54)25(3)4)42(56)48-26(5)41(55)49-28-10-8-27(9-11-28)21-64-46(60)53-34-19-38(36(62-7)17-31(34)44(58)52-15-13-33(52)45(53)59)66-23-63-22-65-37-18-32-30(16-35(37)61-6)43(57)51-14-12-29(51)20-47-32/h8-11,16-20,24-26,29,33,39,45,59H,12-15,21-23H2,1-7H3,(H,48,56)(H,49,55)(H,50,54)/t26-,29-,33-,39-,45?/m0/s1. The maximum Gasteiger partial charge on any atom is 0.416 e. The molecule has 4 aliphatic rings. The van der Waals surface area contributed by atoms with E-state index in [0.717, 1.165) is 11.3 Å². The van der Waals surface area contributed by atoms with Gasteiger partial charge in [0.2, 0.25) is 17.7 Å². The van der Waals surface area contributed by atoms with Gasteiger partial charge in [0.15, 0.2) is 42.8 Å². The van der Waals surface area contributed by atoms with Crippen molar-refractivity contribution < 1.29 is 62.3 Å². The second kappa shape index (κ2) is 20.1. The smallest absolute Gasteiger partial charge is 0.416 e. The molecule has 0 aliphatic carbocycles. The number of carbonyl (C=O) groups is 6. The van der Waals surface area contributed by atoms with Gasteiger partial charge in [-0.2, -0.15) is 0 Å². The minimum atomic E-state index is -1.47. The monoisotopic (exact) mass is 913 g/mol. The first kappa shape index (κ1) is 47.0. The summed E-state index contributed by atoms with van der Waals surface area (Å²) in [4.78, 5) is 87.6. The quantitative estimate of drug-likeness (QED) is 0.111. The summed E-state index contributed by atoms with van der Waals surface area (Å²) >= 11 is 0. The minimum Gasteiger partial charge on any atom is -0.493 e. The molecule has 4 aliphatic heterocycles. The van der Waals surface area contributed by atoms with Crippen LogP contribution in [0.15, 0.2) is 53.5 Å². The molecular weight excluding hydrogens is 859 g/mol. The molecule has 4 heterocycles. The summed E-state index contributed by atoms with van der Waals surface area (Å²) in [6, 6.07) is 10.00. The average molecular weight is 914 g/mol. The molecule has 20 heteroatoms. The molecular formula is C46H55N7O13. The van der Waals surface area contributed by atoms with Gasteiger partial charge in [-0.15, -0.1) is 0 Å². The molecule has 3 aromatic carbocycles. The van der Waals surface area contributed by atoms with Crippen LogP contribution in [0.25, 0.3) is 0 Å². The molecule has 66 heavy (non-hydrogen) atoms. The summed E-state index contributed by atoms with van der Waals surface area (Å²) in [6.45, 7) is 8.70. The van der Waals surface area contributed by atoms with Crippen molar-refractivity contribution in [1.29, 1.82) is 0 Å². The molecule has 1 unspecified atom stereocenters. The average Bonchev–Trinajstić information content (AvgIpc) is 3.38. The number of rotatable bonds is 17. The third kappa shape index (κ3) is 9.83. The van der Waals surface area contributed by atoms with Crippen molar-refractivity contribution in [3.8, 4) is 23.0 Å². The molecule has 4 N–H and O–H groups in total. The summed E-state index contributed by atoms with van der Waals surface area (Å²) < 4.78 is 34.1. The molecule has 0 spiro atoms. The van der Waals surface area contributed by atoms with Crippen LogP contribution in [0.4, 0.5) is 21.9 Å². The van der Waals surface area contributed by atoms with Crippen molar-refractivity contribution in [2.45, 2.75) is 84.5 Å². The van der Waals surface area contributed by atoms with Gasteiger partial charge < -0.3 is 59.3 Å². The number of carbonyl (C=O) groups excluding carboxylic acids is 6. The van der Waals surface area contributed by atoms with Gasteiger partial charge in [0.1, 0.15) is 18.7 Å². The van der Waals surface area contributed by atoms with Gasteiger partial charge >= 0.3 is 6.09 Å². The summed E-state index contributed by atoms with van der Waals surface area (Å²) in [5.74, 6) is -1.47. The lowest BCUT2D eigenvalue weighted by Crippen LogP contribution is -2.60. The van der Waals surface area contributed by atoms with E-state index in [0.29, 0.717) is 53.5 Å². The largest absolute Gasteiger partial charge is 0.493 e. The number of aliphatic hydroxyl groups excluding tert-OH is 1. The first-order valence-electron chi connectivity index (χ1n) is 21.7. The molecule has 5 atom stereocenters. The molecule has 20 nitrogen and oxygen atoms in total. The highest BCUT2D eigenvalue weighted by Crippen LogP contribution is 2.42. The second-order valence-corrected chi connectivity index (χ2v) is 16.9. The highest BCUT2D eigenvalue weighted by atomic mass is 16.7. The molecule has 352 valence electrons. The van der Waals surface area contributed by atoms with Crippen LogP contribution in [-0.2, 0) is 30.5 Å². The van der Waals surface area contributed by atoms with E-state index in [-0.39, 0.29) is 72.6 Å². The van der Waals surface area contributed by atoms with E-state index in [1.165, 1.54) is 38.2 Å². The van der Waals surface area contributed by atoms with Crippen LogP contribution in [-0.4, -0.2) is 128 Å². The van der Waals surface area contributed by atoms with Crippen molar-refractivity contribution in [3.63, 3.8) is 0 Å². The van der Waals surface area contributed by atoms with Gasteiger partial charge in [-0.1, -0.05) is 39.8 Å². The number of anilines is 2. The lowest BCUT2D eigenvalue weighted by Gasteiger charge is -2.43. The summed E-state index contributed by atoms with van der Waals surface area (Å²) in [5.41, 5.74) is 1.91. The molecule has 2 saturated heterocycles. The van der Waals surface area contributed by atoms with E-state index in [1.54, 1.807) is 75.2 Å². The fourth-order valence-electron chi connectivity index (χ4n) is 7.69. The van der Waals surface area contributed by atoms with E-state index < -0.39 is 48.2 Å². The Morgan fingerprint density at radius 1 is 0.773 bits per heavy atom. The highest BCUT2D eigenvalue weighted by Gasteiger charge is 2.47. The van der Waals surface area contributed by atoms with Crippen LogP contribution in [0.2, 0.25) is 0 Å². The van der Waals surface area contributed by atoms with Crippen LogP contribution in [0.5, 0.6) is 23.0 Å². The Bertz CT molecular complexity index is 2390. The molecule has 3 aromatic rings. The number of hydrogen-bond donors (Lipinski definition) is 4. The van der Waals surface area contributed by atoms with Gasteiger partial charge in [0.05, 0.1) is 48.8 Å². The Morgan fingerprint density at radius 3 is 2.00 bits per heavy atom. The van der Waals surface area contributed by atoms with Gasteiger partial charge in [0, 0.05) is 43.0 Å². The van der Waals surface area contributed by atoms with Crippen LogP contribution in [0.1, 0.15) is 73.7 Å². The van der Waals surface area contributed by atoms with Crippen molar-refractivity contribution in [2.24, 2.45) is 16.8 Å². The number of ether oxygens (including phenoxy) is 6. The number of benzene rings is 3. The lowest BCUT2D eigenvalue weighted by molar-refractivity contribution is -0.132. The molecule has 2 fully saturated rings. The second-order valence-electron chi connectivity index (χ2n) is 16.9. The first-order chi connectivity index (χ1) is 31.6. The maximum atomic E-state index is 13.9. The van der Waals surface area contributed by atoms with E-state index in [1.807, 2.05) is 0 Å². The topological polar surface area (TPSA) is 236 Å². The molecule has 0 saturated carbocycles. The van der Waals surface area contributed by atoms with E-state index >= 15 is 0 Å². The maximum absolute atomic E-state index is 13.9. The number of nitrogens with one attached hydrogen (secondary N) is 3. The van der Waals surface area contributed by atoms with E-state index in [2.05, 4.69) is 20.9 Å². The fraction of sp³-hybridized carbons (Fsp3) is 0.457. The Kier molecular flexibility index (Phi) is 14.3. The van der Waals surface area contributed by atoms with Crippen LogP contribution < -0.4 is 39.8 Å². The summed E-state index contributed by atoms with van der Waals surface area (Å²) in [7, 11) is 2.85. The van der Waals surface area contributed by atoms with Crippen molar-refractivity contribution >= 4 is 58.9 Å². The van der Waals surface area contributed by atoms with Gasteiger partial charge in [-0.25, -0.2) is 9.69 Å². The Hall–Kier alpha value is -6.93. The Balaban J connectivity index is 0.976. The number of nitrogens with zero attached hydrogens (tertiary/aromatic N) is 4. The van der Waals surface area contributed by atoms with Crippen molar-refractivity contribution in [1.82, 2.24) is 20.4 Å². The van der Waals surface area contributed by atoms with Crippen LogP contribution in [0, 0.1) is 11.8 Å². The normalized spacial score (nSPS) is 19.1. The molecule has 0 aromatic heterocycles. The van der Waals surface area contributed by atoms with Gasteiger partial charge in [0.25, 0.3) is 11.8 Å². The zero-order valence-corrected chi connectivity index (χ0v) is 37.8. The predicted molar refractivity (Wildman–Crippen MR) is 238 cm³/mol. The van der Waals surface area contributed by atoms with Crippen molar-refractivity contribution in [2.75, 3.05) is 51.1 Å². The summed E-state index contributed by atoms with van der Waals surface area (Å²) in [6.07, 6.45) is 0.630. The predicted octanol–water partition coefficient (Wildman–Crippen LogP) is 3.95. The van der Waals surface area contributed by atoms with Crippen molar-refractivity contribution in [3.05, 3.63) is 65.2 Å². The molecule has 0 radical (unpaired) electrons. The number of hydrogen-bond acceptors (Lipinski definition) is 14. The minimum absolute atomic E-state index is 0.0230. The van der Waals surface area contributed by atoms with Gasteiger partial charge in [-0.05, 0) is 55.5 Å². The third-order valence-electron chi connectivity index (χ3n) is 11.8. The Morgan fingerprint density at radius 2 is 1.41 bits per heavy atom. The highest BCUT2D eigenvalue weighted by molar-refractivity contribution is 6.06. The SMILES string of the molecule is COc1cc2c(cc1OCOCOc1cc3c(cc1OC)C(=O)N1CC[C@H]1C(O)N3C(=O)OCc1ccc(NC(=O)[C@H](C)NC(=O)[C@@H](NC(=O)C(C)C)C(C)C)cc1)N=C[C@@H]1CCN1C2=O. The van der Waals surface area contributed by atoms with Crippen LogP contribution >= 0.6 is 0 Å². The Labute approximate surface area is 381 Å². The number of fused-ring (bicyclic) bond motifs is 4. The molecule has 7 rings (SSSR count). The number of methoxy groups -OCH3 is 2. The lowest BCUT2D eigenvalue weighted by atomic mass is 10.0. The number of aliphatic imine (C=N–C) groups is 1. The fourth-order valence-corrected chi connectivity index (χ4v) is 7.69. The zero-order valence-electron chi connectivity index (χ0n) is 37.8. The first-order valence-corrected chi connectivity index (χ1v) is 21.7. The van der Waals surface area contributed by atoms with Crippen LogP contribution in [0.3, 0.4) is 0 Å². The molecule has 0 bridgehead atoms. The molecule has 6 amide bonds. The number of aliphatic hydroxyl groups is 1. The van der Waals surface area contributed by atoms with Gasteiger partial charge in [-0.3, -0.25) is 29.0 Å². The summed E-state index contributed by atoms with van der Waals surface area (Å²) in [5, 5.41) is 19.7.